The first-order chi connectivity index (χ1) is 9.95. The second-order valence-corrected chi connectivity index (χ2v) is 5.38. The summed E-state index contributed by atoms with van der Waals surface area (Å²) >= 11 is 0. The van der Waals surface area contributed by atoms with Gasteiger partial charge in [0.1, 0.15) is 5.75 Å². The summed E-state index contributed by atoms with van der Waals surface area (Å²) in [4.78, 5) is 26.8. The quantitative estimate of drug-likeness (QED) is 0.479. The Morgan fingerprint density at radius 2 is 2.00 bits per heavy atom. The molecule has 0 atom stereocenters. The van der Waals surface area contributed by atoms with Crippen LogP contribution in [0.1, 0.15) is 18.1 Å². The summed E-state index contributed by atoms with van der Waals surface area (Å²) < 4.78 is 5.06. The molecule has 112 valence electrons. The van der Waals surface area contributed by atoms with Crippen molar-refractivity contribution in [2.45, 2.75) is 20.0 Å². The summed E-state index contributed by atoms with van der Waals surface area (Å²) in [5.74, 6) is 0.188. The molecule has 21 heavy (non-hydrogen) atoms. The molecule has 0 aliphatic carbocycles. The molecule has 0 fully saturated rings. The molecule has 0 saturated carbocycles. The minimum absolute atomic E-state index is 0.00193. The topological polar surface area (TPSA) is 49.9 Å². The van der Waals surface area contributed by atoms with Gasteiger partial charge in [-0.15, -0.1) is 0 Å². The average Bonchev–Trinajstić information content (AvgIpc) is 2.80. The Kier molecular flexibility index (Phi) is 4.75. The first-order valence-electron chi connectivity index (χ1n) is 6.86. The highest BCUT2D eigenvalue weighted by Crippen LogP contribution is 2.27. The molecule has 0 aromatic heterocycles. The molecule has 1 aromatic rings. The highest BCUT2D eigenvalue weighted by atomic mass is 16.5. The average molecular weight is 288 g/mol. The molecule has 0 N–H and O–H groups in total. The second kappa shape index (κ2) is 6.54. The molecule has 0 bridgehead atoms. The number of rotatable bonds is 4. The number of hydrogen-bond donors (Lipinski definition) is 0. The van der Waals surface area contributed by atoms with Gasteiger partial charge in [-0.05, 0) is 37.4 Å². The molecule has 0 radical (unpaired) electrons. The van der Waals surface area contributed by atoms with Crippen LogP contribution in [0.15, 0.2) is 30.4 Å². The van der Waals surface area contributed by atoms with Crippen molar-refractivity contribution >= 4 is 11.9 Å². The maximum atomic E-state index is 12.1. The van der Waals surface area contributed by atoms with Crippen molar-refractivity contribution in [3.8, 4) is 5.75 Å². The molecule has 5 heteroatoms. The van der Waals surface area contributed by atoms with Crippen LogP contribution in [0.3, 0.4) is 0 Å². The molecule has 0 spiro atoms. The molecular formula is C16H20N2O3. The van der Waals surface area contributed by atoms with E-state index in [4.69, 9.17) is 4.74 Å². The lowest BCUT2D eigenvalue weighted by molar-refractivity contribution is -0.132. The molecule has 0 saturated heterocycles. The molecule has 1 aromatic carbocycles. The Morgan fingerprint density at radius 1 is 1.29 bits per heavy atom. The fourth-order valence-corrected chi connectivity index (χ4v) is 2.23. The molecule has 1 heterocycles. The maximum absolute atomic E-state index is 12.1. The lowest BCUT2D eigenvalue weighted by Gasteiger charge is -2.12. The molecule has 1 aliphatic rings. The van der Waals surface area contributed by atoms with Gasteiger partial charge in [0.25, 0.3) is 0 Å². The van der Waals surface area contributed by atoms with E-state index in [0.29, 0.717) is 18.8 Å². The normalized spacial score (nSPS) is 13.8. The highest BCUT2D eigenvalue weighted by Gasteiger charge is 2.22. The number of ether oxygens (including phenoxy) is 1. The van der Waals surface area contributed by atoms with E-state index in [0.717, 1.165) is 17.7 Å². The van der Waals surface area contributed by atoms with Crippen LogP contribution in [0.4, 0.5) is 0 Å². The number of carbonyl (C=O) groups is 2. The van der Waals surface area contributed by atoms with E-state index in [9.17, 15) is 9.59 Å². The van der Waals surface area contributed by atoms with Crippen molar-refractivity contribution in [3.05, 3.63) is 41.5 Å². The van der Waals surface area contributed by atoms with Gasteiger partial charge in [0.2, 0.25) is 5.91 Å². The Labute approximate surface area is 124 Å². The molecule has 1 aliphatic heterocycles. The number of likely N-dealkylation sites (N-methyl/N-ethyl adjacent to an activating group) is 1. The number of nitrogens with zero attached hydrogens (tertiary/aromatic N) is 2. The van der Waals surface area contributed by atoms with Crippen LogP contribution in [0, 0.1) is 0 Å². The van der Waals surface area contributed by atoms with Gasteiger partial charge in [-0.25, -0.2) is 0 Å². The molecule has 5 nitrogen and oxygen atoms in total. The third-order valence-corrected chi connectivity index (χ3v) is 3.20. The smallest absolute Gasteiger partial charge is 0.308 e. The van der Waals surface area contributed by atoms with E-state index in [1.165, 1.54) is 6.92 Å². The van der Waals surface area contributed by atoms with E-state index in [1.807, 2.05) is 37.2 Å². The predicted octanol–water partition coefficient (Wildman–Crippen LogP) is 1.57. The molecule has 1 amide bonds. The van der Waals surface area contributed by atoms with Crippen LogP contribution >= 0.6 is 0 Å². The number of amides is 1. The number of carbonyl (C=O) groups excluding carboxylic acids is 2. The van der Waals surface area contributed by atoms with Crippen molar-refractivity contribution in [2.75, 3.05) is 20.6 Å². The molecule has 0 unspecified atom stereocenters. The minimum atomic E-state index is -0.340. The Hall–Kier alpha value is -2.14. The minimum Gasteiger partial charge on any atom is -0.427 e. The first kappa shape index (κ1) is 15.3. The number of hydrogen-bond acceptors (Lipinski definition) is 4. The zero-order valence-corrected chi connectivity index (χ0v) is 12.6. The third kappa shape index (κ3) is 4.16. The van der Waals surface area contributed by atoms with Gasteiger partial charge in [-0.3, -0.25) is 9.59 Å². The zero-order chi connectivity index (χ0) is 15.4. The fraction of sp³-hybridized carbons (Fsp3) is 0.375. The van der Waals surface area contributed by atoms with Crippen LogP contribution in [-0.2, 0) is 22.7 Å². The van der Waals surface area contributed by atoms with Crippen LogP contribution in [0.5, 0.6) is 5.75 Å². The number of fused-ring (bicyclic) bond motifs is 1. The summed E-state index contributed by atoms with van der Waals surface area (Å²) in [5, 5.41) is 0. The first-order valence-corrected chi connectivity index (χ1v) is 6.86. The van der Waals surface area contributed by atoms with Gasteiger partial charge >= 0.3 is 5.97 Å². The number of esters is 1. The standard InChI is InChI=1S/C16H20N2O3/c1-12(19)21-15-7-6-13-10-18(11-14(13)9-15)16(20)5-4-8-17(2)3/h4-7,9H,8,10-11H2,1-3H3/b5-4+. The van der Waals surface area contributed by atoms with E-state index in [-0.39, 0.29) is 11.9 Å². The van der Waals surface area contributed by atoms with E-state index in [1.54, 1.807) is 17.0 Å². The predicted molar refractivity (Wildman–Crippen MR) is 79.7 cm³/mol. The van der Waals surface area contributed by atoms with Gasteiger partial charge in [-0.1, -0.05) is 12.1 Å². The van der Waals surface area contributed by atoms with Gasteiger partial charge in [-0.2, -0.15) is 0 Å². The SMILES string of the molecule is CC(=O)Oc1ccc2c(c1)CN(C(=O)/C=C/CN(C)C)C2. The van der Waals surface area contributed by atoms with E-state index in [2.05, 4.69) is 0 Å². The lowest BCUT2D eigenvalue weighted by Crippen LogP contribution is -2.23. The van der Waals surface area contributed by atoms with Crippen molar-refractivity contribution < 1.29 is 14.3 Å². The highest BCUT2D eigenvalue weighted by molar-refractivity contribution is 5.88. The van der Waals surface area contributed by atoms with Gasteiger partial charge in [0, 0.05) is 32.6 Å². The van der Waals surface area contributed by atoms with Crippen LogP contribution in [0.25, 0.3) is 0 Å². The van der Waals surface area contributed by atoms with Crippen LogP contribution < -0.4 is 4.74 Å². The van der Waals surface area contributed by atoms with Crippen molar-refractivity contribution in [3.63, 3.8) is 0 Å². The largest absolute Gasteiger partial charge is 0.427 e. The van der Waals surface area contributed by atoms with Crippen molar-refractivity contribution in [1.29, 1.82) is 0 Å². The maximum Gasteiger partial charge on any atom is 0.308 e. The monoisotopic (exact) mass is 288 g/mol. The van der Waals surface area contributed by atoms with Gasteiger partial charge < -0.3 is 14.5 Å². The molecular weight excluding hydrogens is 268 g/mol. The summed E-state index contributed by atoms with van der Waals surface area (Å²) in [7, 11) is 3.91. The van der Waals surface area contributed by atoms with Crippen molar-refractivity contribution in [2.24, 2.45) is 0 Å². The van der Waals surface area contributed by atoms with Crippen LogP contribution in [0.2, 0.25) is 0 Å². The second-order valence-electron chi connectivity index (χ2n) is 5.38. The Balaban J connectivity index is 2.00. The van der Waals surface area contributed by atoms with Gasteiger partial charge in [0.15, 0.2) is 0 Å². The van der Waals surface area contributed by atoms with Crippen molar-refractivity contribution in [1.82, 2.24) is 9.80 Å². The van der Waals surface area contributed by atoms with E-state index >= 15 is 0 Å². The Morgan fingerprint density at radius 3 is 2.67 bits per heavy atom. The third-order valence-electron chi connectivity index (χ3n) is 3.20. The fourth-order valence-electron chi connectivity index (χ4n) is 2.23. The lowest BCUT2D eigenvalue weighted by atomic mass is 10.1. The Bertz CT molecular complexity index is 579. The summed E-state index contributed by atoms with van der Waals surface area (Å²) in [5.41, 5.74) is 2.13. The summed E-state index contributed by atoms with van der Waals surface area (Å²) in [6.45, 7) is 3.26. The summed E-state index contributed by atoms with van der Waals surface area (Å²) in [6.07, 6.45) is 3.47. The van der Waals surface area contributed by atoms with Crippen LogP contribution in [-0.4, -0.2) is 42.3 Å². The zero-order valence-electron chi connectivity index (χ0n) is 12.6. The summed E-state index contributed by atoms with van der Waals surface area (Å²) in [6, 6.07) is 5.49. The van der Waals surface area contributed by atoms with E-state index < -0.39 is 0 Å². The molecule has 2 rings (SSSR count). The van der Waals surface area contributed by atoms with Gasteiger partial charge in [0.05, 0.1) is 0 Å². The number of benzene rings is 1.